The molecule has 1 aromatic rings. The normalized spacial score (nSPS) is 23.3. The molecule has 0 unspecified atom stereocenters. The van der Waals surface area contributed by atoms with E-state index in [1.807, 2.05) is 36.0 Å². The Morgan fingerprint density at radius 1 is 1.29 bits per heavy atom. The first-order valence-corrected chi connectivity index (χ1v) is 8.83. The molecule has 132 valence electrons. The molecule has 0 spiro atoms. The van der Waals surface area contributed by atoms with Gasteiger partial charge in [0.15, 0.2) is 0 Å². The number of anilines is 1. The number of hydrogen-bond acceptors (Lipinski definition) is 5. The molecule has 0 aromatic carbocycles. The van der Waals surface area contributed by atoms with Gasteiger partial charge in [-0.3, -0.25) is 9.69 Å². The van der Waals surface area contributed by atoms with Crippen molar-refractivity contribution in [1.29, 1.82) is 0 Å². The van der Waals surface area contributed by atoms with Crippen molar-refractivity contribution in [1.82, 2.24) is 14.8 Å². The Kier molecular flexibility index (Phi) is 5.36. The minimum Gasteiger partial charge on any atom is -0.376 e. The highest BCUT2D eigenvalue weighted by Gasteiger charge is 2.29. The van der Waals surface area contributed by atoms with Gasteiger partial charge in [0.1, 0.15) is 5.82 Å². The molecule has 6 heteroatoms. The molecular weight excluding hydrogens is 304 g/mol. The van der Waals surface area contributed by atoms with Crippen molar-refractivity contribution < 1.29 is 9.53 Å². The molecule has 2 aliphatic heterocycles. The molecule has 2 aliphatic rings. The first-order chi connectivity index (χ1) is 11.5. The summed E-state index contributed by atoms with van der Waals surface area (Å²) in [7, 11) is 3.87. The number of amides is 1. The van der Waals surface area contributed by atoms with E-state index >= 15 is 0 Å². The van der Waals surface area contributed by atoms with Crippen LogP contribution in [-0.4, -0.2) is 79.7 Å². The maximum absolute atomic E-state index is 12.8. The number of rotatable bonds is 3. The van der Waals surface area contributed by atoms with Gasteiger partial charge in [0.2, 0.25) is 0 Å². The second-order valence-corrected chi connectivity index (χ2v) is 7.00. The highest BCUT2D eigenvalue weighted by Crippen LogP contribution is 2.21. The summed E-state index contributed by atoms with van der Waals surface area (Å²) < 4.78 is 5.63. The van der Waals surface area contributed by atoms with Gasteiger partial charge in [-0.1, -0.05) is 0 Å². The Hall–Kier alpha value is -1.66. The minimum atomic E-state index is 0.120. The van der Waals surface area contributed by atoms with Crippen LogP contribution in [-0.2, 0) is 4.74 Å². The highest BCUT2D eigenvalue weighted by atomic mass is 16.5. The molecule has 1 aromatic heterocycles. The van der Waals surface area contributed by atoms with Crippen LogP contribution in [0.2, 0.25) is 0 Å². The largest absolute Gasteiger partial charge is 0.376 e. The number of aromatic nitrogens is 1. The van der Waals surface area contributed by atoms with Gasteiger partial charge in [0.25, 0.3) is 5.91 Å². The fourth-order valence-electron chi connectivity index (χ4n) is 3.59. The molecule has 2 saturated heterocycles. The summed E-state index contributed by atoms with van der Waals surface area (Å²) in [6, 6.07) is 4.26. The number of morpholine rings is 1. The van der Waals surface area contributed by atoms with Gasteiger partial charge in [0, 0.05) is 58.1 Å². The molecule has 0 N–H and O–H groups in total. The fourth-order valence-corrected chi connectivity index (χ4v) is 3.59. The van der Waals surface area contributed by atoms with Gasteiger partial charge in [-0.05, 0) is 31.9 Å². The van der Waals surface area contributed by atoms with Crippen LogP contribution in [0, 0.1) is 0 Å². The van der Waals surface area contributed by atoms with Crippen LogP contribution in [0.1, 0.15) is 30.1 Å². The monoisotopic (exact) mass is 332 g/mol. The summed E-state index contributed by atoms with van der Waals surface area (Å²) in [6.45, 7) is 6.64. The molecule has 1 atom stereocenters. The molecule has 0 radical (unpaired) electrons. The topological polar surface area (TPSA) is 48.9 Å². The third-order valence-electron chi connectivity index (χ3n) is 4.99. The third-order valence-corrected chi connectivity index (χ3v) is 4.99. The second kappa shape index (κ2) is 7.49. The lowest BCUT2D eigenvalue weighted by molar-refractivity contribution is -0.0423. The first kappa shape index (κ1) is 17.2. The number of ether oxygens (including phenoxy) is 1. The lowest BCUT2D eigenvalue weighted by atomic mass is 10.0. The number of carbonyl (C=O) groups is 1. The van der Waals surface area contributed by atoms with Crippen LogP contribution in [0.5, 0.6) is 0 Å². The smallest absolute Gasteiger partial charge is 0.254 e. The third kappa shape index (κ3) is 3.87. The molecule has 3 heterocycles. The number of carbonyl (C=O) groups excluding carboxylic acids is 1. The van der Waals surface area contributed by atoms with Crippen molar-refractivity contribution in [3.63, 3.8) is 0 Å². The molecule has 3 rings (SSSR count). The van der Waals surface area contributed by atoms with E-state index < -0.39 is 0 Å². The summed E-state index contributed by atoms with van der Waals surface area (Å²) in [6.07, 6.45) is 4.12. The fraction of sp³-hybridized carbons (Fsp3) is 0.667. The summed E-state index contributed by atoms with van der Waals surface area (Å²) in [5, 5.41) is 0. The molecule has 1 amide bonds. The lowest BCUT2D eigenvalue weighted by Gasteiger charge is -2.41. The summed E-state index contributed by atoms with van der Waals surface area (Å²) in [5.74, 6) is 0.937. The maximum atomic E-state index is 12.8. The lowest BCUT2D eigenvalue weighted by Crippen LogP contribution is -2.51. The Morgan fingerprint density at radius 3 is 2.71 bits per heavy atom. The second-order valence-electron chi connectivity index (χ2n) is 7.00. The Morgan fingerprint density at radius 2 is 2.04 bits per heavy atom. The van der Waals surface area contributed by atoms with Gasteiger partial charge >= 0.3 is 0 Å². The van der Waals surface area contributed by atoms with Gasteiger partial charge in [0.05, 0.1) is 12.7 Å². The number of nitrogens with zero attached hydrogens (tertiary/aromatic N) is 4. The van der Waals surface area contributed by atoms with Crippen LogP contribution in [0.25, 0.3) is 0 Å². The minimum absolute atomic E-state index is 0.120. The molecule has 24 heavy (non-hydrogen) atoms. The van der Waals surface area contributed by atoms with E-state index in [0.29, 0.717) is 12.1 Å². The van der Waals surface area contributed by atoms with Crippen molar-refractivity contribution in [3.05, 3.63) is 23.9 Å². The average molecular weight is 332 g/mol. The Balaban J connectivity index is 1.58. The summed E-state index contributed by atoms with van der Waals surface area (Å²) >= 11 is 0. The van der Waals surface area contributed by atoms with Crippen molar-refractivity contribution >= 4 is 11.7 Å². The Bertz CT molecular complexity index is 570. The van der Waals surface area contributed by atoms with Crippen molar-refractivity contribution in [3.8, 4) is 0 Å². The maximum Gasteiger partial charge on any atom is 0.254 e. The molecule has 0 saturated carbocycles. The average Bonchev–Trinajstić information content (AvgIpc) is 2.61. The summed E-state index contributed by atoms with van der Waals surface area (Å²) in [5.41, 5.74) is 0.729. The van der Waals surface area contributed by atoms with E-state index in [1.54, 1.807) is 6.20 Å². The highest BCUT2D eigenvalue weighted by molar-refractivity contribution is 5.94. The predicted molar refractivity (Wildman–Crippen MR) is 94.5 cm³/mol. The number of piperidine rings is 1. The molecule has 2 fully saturated rings. The van der Waals surface area contributed by atoms with Gasteiger partial charge in [-0.2, -0.15) is 0 Å². The predicted octanol–water partition coefficient (Wildman–Crippen LogP) is 1.47. The van der Waals surface area contributed by atoms with Gasteiger partial charge in [-0.25, -0.2) is 4.98 Å². The van der Waals surface area contributed by atoms with Crippen LogP contribution >= 0.6 is 0 Å². The quantitative estimate of drug-likeness (QED) is 0.839. The first-order valence-electron chi connectivity index (χ1n) is 8.83. The standard InChI is InChI=1S/C18H28N4O2/c1-14-13-22(10-11-24-14)16-5-8-21(9-6-16)18(23)15-4-7-19-17(12-15)20(2)3/h4,7,12,14,16H,5-6,8-11,13H2,1-3H3/t14-/m1/s1. The molecule has 0 aliphatic carbocycles. The molecule has 6 nitrogen and oxygen atoms in total. The van der Waals surface area contributed by atoms with E-state index in [-0.39, 0.29) is 5.91 Å². The molecular formula is C18H28N4O2. The van der Waals surface area contributed by atoms with Crippen LogP contribution in [0.3, 0.4) is 0 Å². The van der Waals surface area contributed by atoms with Crippen LogP contribution in [0.4, 0.5) is 5.82 Å². The van der Waals surface area contributed by atoms with E-state index in [0.717, 1.165) is 57.0 Å². The van der Waals surface area contributed by atoms with Gasteiger partial charge in [-0.15, -0.1) is 0 Å². The zero-order valence-electron chi connectivity index (χ0n) is 14.9. The van der Waals surface area contributed by atoms with E-state index in [1.165, 1.54) is 0 Å². The summed E-state index contributed by atoms with van der Waals surface area (Å²) in [4.78, 5) is 23.5. The van der Waals surface area contributed by atoms with Crippen LogP contribution < -0.4 is 4.90 Å². The Labute approximate surface area is 144 Å². The zero-order chi connectivity index (χ0) is 17.1. The van der Waals surface area contributed by atoms with E-state index in [4.69, 9.17) is 4.74 Å². The number of likely N-dealkylation sites (tertiary alicyclic amines) is 1. The zero-order valence-corrected chi connectivity index (χ0v) is 14.9. The van der Waals surface area contributed by atoms with Crippen molar-refractivity contribution in [2.45, 2.75) is 31.9 Å². The van der Waals surface area contributed by atoms with Gasteiger partial charge < -0.3 is 14.5 Å². The van der Waals surface area contributed by atoms with Crippen LogP contribution in [0.15, 0.2) is 18.3 Å². The SMILES string of the molecule is C[C@@H]1CN(C2CCN(C(=O)c3ccnc(N(C)C)c3)CC2)CCO1. The number of pyridine rings is 1. The number of hydrogen-bond donors (Lipinski definition) is 0. The molecule has 0 bridgehead atoms. The van der Waals surface area contributed by atoms with Crippen molar-refractivity contribution in [2.24, 2.45) is 0 Å². The van der Waals surface area contributed by atoms with Crippen molar-refractivity contribution in [2.75, 3.05) is 51.8 Å². The van der Waals surface area contributed by atoms with E-state index in [9.17, 15) is 4.79 Å². The van der Waals surface area contributed by atoms with E-state index in [2.05, 4.69) is 16.8 Å².